The van der Waals surface area contributed by atoms with Crippen LogP contribution in [0.2, 0.25) is 0 Å². The molecule has 72 valence electrons. The molecule has 0 aliphatic rings. The Balaban J connectivity index is 2.50. The van der Waals surface area contributed by atoms with Gasteiger partial charge in [0.2, 0.25) is 8.03 Å². The fraction of sp³-hybridized carbons (Fsp3) is 0.333. The van der Waals surface area contributed by atoms with E-state index in [1.165, 1.54) is 12.0 Å². The summed E-state index contributed by atoms with van der Waals surface area (Å²) in [6.45, 7) is 4.01. The highest BCUT2D eigenvalue weighted by Gasteiger charge is 2.04. The summed E-state index contributed by atoms with van der Waals surface area (Å²) in [5.74, 6) is 0. The van der Waals surface area contributed by atoms with Crippen LogP contribution in [0.25, 0.3) is 0 Å². The van der Waals surface area contributed by atoms with Crippen molar-refractivity contribution in [2.45, 2.75) is 19.1 Å². The van der Waals surface area contributed by atoms with Gasteiger partial charge in [-0.2, -0.15) is 0 Å². The van der Waals surface area contributed by atoms with E-state index < -0.39 is 8.03 Å². The van der Waals surface area contributed by atoms with Crippen LogP contribution in [-0.2, 0) is 8.54 Å². The van der Waals surface area contributed by atoms with Crippen molar-refractivity contribution in [2.75, 3.05) is 0 Å². The monoisotopic (exact) mass is 216 g/mol. The third kappa shape index (κ3) is 3.99. The van der Waals surface area contributed by atoms with Gasteiger partial charge in [0, 0.05) is 22.6 Å². The normalized spacial score (nSPS) is 13.2. The smallest absolute Gasteiger partial charge is 0.231 e. The van der Waals surface area contributed by atoms with Gasteiger partial charge >= 0.3 is 0 Å². The fourth-order valence-electron chi connectivity index (χ4n) is 0.762. The highest BCUT2D eigenvalue weighted by molar-refractivity contribution is 7.98. The van der Waals surface area contributed by atoms with Crippen molar-refractivity contribution >= 4 is 25.4 Å². The molecule has 1 atom stereocenters. The highest BCUT2D eigenvalue weighted by atomic mass is 32.2. The molecule has 0 radical (unpaired) electrons. The van der Waals surface area contributed by atoms with Gasteiger partial charge in [0.1, 0.15) is 0 Å². The first-order valence-corrected chi connectivity index (χ1v) is 6.25. The van der Waals surface area contributed by atoms with Gasteiger partial charge in [-0.15, -0.1) is 0 Å². The second kappa shape index (κ2) is 5.48. The fourth-order valence-corrected chi connectivity index (χ4v) is 2.73. The molecule has 13 heavy (non-hydrogen) atoms. The SMILES string of the molecule is CC(C)SO[PH](=O)c1ccccc1. The average Bonchev–Trinajstić information content (AvgIpc) is 2.15. The maximum atomic E-state index is 11.5. The molecule has 1 aromatic carbocycles. The molecule has 1 aromatic rings. The van der Waals surface area contributed by atoms with Gasteiger partial charge in [-0.05, 0) is 12.1 Å². The summed E-state index contributed by atoms with van der Waals surface area (Å²) < 4.78 is 16.6. The van der Waals surface area contributed by atoms with Gasteiger partial charge in [-0.3, -0.25) is 8.54 Å². The van der Waals surface area contributed by atoms with E-state index in [0.29, 0.717) is 5.25 Å². The molecular formula is C9H13O2PS. The van der Waals surface area contributed by atoms with Gasteiger partial charge in [0.05, 0.1) is 0 Å². The summed E-state index contributed by atoms with van der Waals surface area (Å²) in [5, 5.41) is 1.12. The number of hydrogen-bond donors (Lipinski definition) is 0. The first kappa shape index (κ1) is 10.8. The highest BCUT2D eigenvalue weighted by Crippen LogP contribution is 2.30. The topological polar surface area (TPSA) is 26.3 Å². The van der Waals surface area contributed by atoms with E-state index in [1.54, 1.807) is 0 Å². The maximum absolute atomic E-state index is 11.5. The molecular weight excluding hydrogens is 203 g/mol. The lowest BCUT2D eigenvalue weighted by atomic mass is 10.4. The molecule has 0 saturated carbocycles. The third-order valence-electron chi connectivity index (χ3n) is 1.33. The van der Waals surface area contributed by atoms with Crippen LogP contribution in [0.1, 0.15) is 13.8 Å². The Bertz CT molecular complexity index is 274. The molecule has 4 heteroatoms. The van der Waals surface area contributed by atoms with Gasteiger partial charge < -0.3 is 0 Å². The zero-order valence-electron chi connectivity index (χ0n) is 7.69. The second-order valence-corrected chi connectivity index (χ2v) is 5.84. The Labute approximate surface area is 83.8 Å². The van der Waals surface area contributed by atoms with Gasteiger partial charge in [0.15, 0.2) is 0 Å². The van der Waals surface area contributed by atoms with Crippen LogP contribution in [-0.4, -0.2) is 5.25 Å². The van der Waals surface area contributed by atoms with Gasteiger partial charge in [-0.1, -0.05) is 32.0 Å². The molecule has 0 heterocycles. The van der Waals surface area contributed by atoms with Crippen molar-refractivity contribution in [3.8, 4) is 0 Å². The van der Waals surface area contributed by atoms with Crippen LogP contribution < -0.4 is 5.30 Å². The van der Waals surface area contributed by atoms with Crippen LogP contribution in [0, 0.1) is 0 Å². The Morgan fingerprint density at radius 1 is 1.31 bits per heavy atom. The molecule has 0 fully saturated rings. The molecule has 0 aliphatic carbocycles. The van der Waals surface area contributed by atoms with E-state index in [4.69, 9.17) is 3.97 Å². The van der Waals surface area contributed by atoms with E-state index in [0.717, 1.165) is 5.30 Å². The summed E-state index contributed by atoms with van der Waals surface area (Å²) in [5.41, 5.74) is 0. The third-order valence-corrected chi connectivity index (χ3v) is 3.51. The Kier molecular flexibility index (Phi) is 4.57. The largest absolute Gasteiger partial charge is 0.290 e. The molecule has 0 N–H and O–H groups in total. The van der Waals surface area contributed by atoms with Crippen LogP contribution in [0.15, 0.2) is 30.3 Å². The standard InChI is InChI=1S/C9H13O2PS/c1-8(2)13-11-12(10)9-6-4-3-5-7-9/h3-8,12H,1-2H3. The van der Waals surface area contributed by atoms with Crippen LogP contribution in [0.5, 0.6) is 0 Å². The summed E-state index contributed by atoms with van der Waals surface area (Å²) >= 11 is 1.27. The van der Waals surface area contributed by atoms with E-state index >= 15 is 0 Å². The predicted octanol–water partition coefficient (Wildman–Crippen LogP) is 2.86. The summed E-state index contributed by atoms with van der Waals surface area (Å²) in [4.78, 5) is 0. The Morgan fingerprint density at radius 3 is 2.46 bits per heavy atom. The number of rotatable bonds is 4. The lowest BCUT2D eigenvalue weighted by Gasteiger charge is -2.04. The first-order valence-electron chi connectivity index (χ1n) is 4.13. The van der Waals surface area contributed by atoms with Crippen molar-refractivity contribution in [3.05, 3.63) is 30.3 Å². The van der Waals surface area contributed by atoms with E-state index in [-0.39, 0.29) is 0 Å². The Morgan fingerprint density at radius 2 is 1.92 bits per heavy atom. The molecule has 0 saturated heterocycles. The lowest BCUT2D eigenvalue weighted by Crippen LogP contribution is -1.95. The molecule has 0 bridgehead atoms. The van der Waals surface area contributed by atoms with Crippen molar-refractivity contribution in [2.24, 2.45) is 0 Å². The quantitative estimate of drug-likeness (QED) is 0.572. The van der Waals surface area contributed by atoms with Crippen molar-refractivity contribution in [1.82, 2.24) is 0 Å². The van der Waals surface area contributed by atoms with Gasteiger partial charge in [0.25, 0.3) is 0 Å². The molecule has 0 aromatic heterocycles. The minimum absolute atomic E-state index is 0.345. The minimum atomic E-state index is -2.05. The lowest BCUT2D eigenvalue weighted by molar-refractivity contribution is 0.542. The zero-order valence-corrected chi connectivity index (χ0v) is 9.51. The second-order valence-electron chi connectivity index (χ2n) is 2.88. The summed E-state index contributed by atoms with van der Waals surface area (Å²) in [7, 11) is -2.05. The van der Waals surface area contributed by atoms with E-state index in [1.807, 2.05) is 44.2 Å². The van der Waals surface area contributed by atoms with Crippen molar-refractivity contribution in [1.29, 1.82) is 0 Å². The molecule has 2 nitrogen and oxygen atoms in total. The van der Waals surface area contributed by atoms with E-state index in [2.05, 4.69) is 0 Å². The first-order chi connectivity index (χ1) is 6.20. The zero-order chi connectivity index (χ0) is 9.68. The average molecular weight is 216 g/mol. The number of benzene rings is 1. The Hall–Kier alpha value is -0.240. The molecule has 0 spiro atoms. The summed E-state index contributed by atoms with van der Waals surface area (Å²) in [6.07, 6.45) is 0. The van der Waals surface area contributed by atoms with Crippen LogP contribution in [0.4, 0.5) is 0 Å². The van der Waals surface area contributed by atoms with Gasteiger partial charge in [-0.25, -0.2) is 0 Å². The minimum Gasteiger partial charge on any atom is -0.290 e. The molecule has 0 amide bonds. The summed E-state index contributed by atoms with van der Waals surface area (Å²) in [6, 6.07) is 9.27. The number of hydrogen-bond acceptors (Lipinski definition) is 3. The van der Waals surface area contributed by atoms with Crippen LogP contribution in [0.3, 0.4) is 0 Å². The van der Waals surface area contributed by atoms with Crippen molar-refractivity contribution < 1.29 is 8.54 Å². The maximum Gasteiger partial charge on any atom is 0.231 e. The van der Waals surface area contributed by atoms with E-state index in [9.17, 15) is 4.57 Å². The predicted molar refractivity (Wildman–Crippen MR) is 58.9 cm³/mol. The van der Waals surface area contributed by atoms with Crippen LogP contribution >= 0.6 is 20.1 Å². The molecule has 1 unspecified atom stereocenters. The molecule has 1 rings (SSSR count). The molecule has 0 aliphatic heterocycles. The van der Waals surface area contributed by atoms with Crippen molar-refractivity contribution in [3.63, 3.8) is 0 Å².